The zero-order chi connectivity index (χ0) is 17.6. The van der Waals surface area contributed by atoms with Gasteiger partial charge in [-0.05, 0) is 34.7 Å². The van der Waals surface area contributed by atoms with Crippen LogP contribution in [0.15, 0.2) is 72.8 Å². The second kappa shape index (κ2) is 9.31. The second-order valence-electron chi connectivity index (χ2n) is 5.97. The summed E-state index contributed by atoms with van der Waals surface area (Å²) in [5.74, 6) is -0.533. The fraction of sp³-hybridized carbons (Fsp3) is 0.136. The van der Waals surface area contributed by atoms with Crippen LogP contribution in [0.1, 0.15) is 32.6 Å². The van der Waals surface area contributed by atoms with Gasteiger partial charge in [-0.1, -0.05) is 66.7 Å². The van der Waals surface area contributed by atoms with Gasteiger partial charge in [0.15, 0.2) is 0 Å². The summed E-state index contributed by atoms with van der Waals surface area (Å²) < 4.78 is 5.43. The van der Waals surface area contributed by atoms with Gasteiger partial charge in [0.25, 0.3) is 0 Å². The van der Waals surface area contributed by atoms with Gasteiger partial charge in [0.05, 0.1) is 7.11 Å². The summed E-state index contributed by atoms with van der Waals surface area (Å²) in [7, 11) is 1.52. The number of hydrogen-bond acceptors (Lipinski definition) is 2. The van der Waals surface area contributed by atoms with Crippen molar-refractivity contribution in [2.75, 3.05) is 7.11 Å². The summed E-state index contributed by atoms with van der Waals surface area (Å²) >= 11 is 0. The molecular weight excluding hydrogens is 378 g/mol. The molecule has 26 heavy (non-hydrogen) atoms. The van der Waals surface area contributed by atoms with Gasteiger partial charge in [0.2, 0.25) is 0 Å². The quantitative estimate of drug-likeness (QED) is 0.620. The Labute approximate surface area is 166 Å². The van der Waals surface area contributed by atoms with Crippen molar-refractivity contribution >= 4 is 5.97 Å². The van der Waals surface area contributed by atoms with Gasteiger partial charge in [-0.3, -0.25) is 0 Å². The maximum absolute atomic E-state index is 11.7. The van der Waals surface area contributed by atoms with Crippen LogP contribution in [-0.4, -0.2) is 18.2 Å². The molecule has 3 aromatic carbocycles. The minimum Gasteiger partial charge on any atom is -0.496 e. The number of benzene rings is 3. The topological polar surface area (TPSA) is 46.5 Å². The van der Waals surface area contributed by atoms with Crippen LogP contribution in [-0.2, 0) is 32.3 Å². The predicted molar refractivity (Wildman–Crippen MR) is 98.4 cm³/mol. The molecule has 4 heteroatoms. The number of carboxylic acids is 1. The first-order chi connectivity index (χ1) is 12.2. The van der Waals surface area contributed by atoms with Gasteiger partial charge >= 0.3 is 5.97 Å². The zero-order valence-corrected chi connectivity index (χ0v) is 17.8. The van der Waals surface area contributed by atoms with Crippen LogP contribution in [0.3, 0.4) is 0 Å². The molecule has 1 N–H and O–H groups in total. The number of carboxylic acid groups (broad SMARTS) is 1. The van der Waals surface area contributed by atoms with Gasteiger partial charge in [-0.15, -0.1) is 0 Å². The first-order valence-electron chi connectivity index (χ1n) is 8.18. The second-order valence-corrected chi connectivity index (χ2v) is 5.97. The Morgan fingerprint density at radius 3 is 1.88 bits per heavy atom. The Hall–Kier alpha value is -2.45. The Bertz CT molecular complexity index is 861. The normalized spacial score (nSPS) is 10.0. The molecule has 0 saturated heterocycles. The van der Waals surface area contributed by atoms with E-state index in [4.69, 9.17) is 4.74 Å². The molecule has 0 aliphatic carbocycles. The smallest absolute Gasteiger partial charge is 0.339 e. The molecule has 0 amide bonds. The molecule has 0 aliphatic heterocycles. The van der Waals surface area contributed by atoms with Crippen LogP contribution < -0.4 is 4.74 Å². The van der Waals surface area contributed by atoms with E-state index in [0.29, 0.717) is 18.6 Å². The van der Waals surface area contributed by atoms with Crippen LogP contribution in [0.4, 0.5) is 0 Å². The van der Waals surface area contributed by atoms with E-state index < -0.39 is 5.97 Å². The fourth-order valence-corrected chi connectivity index (χ4v) is 3.04. The average molecular weight is 398 g/mol. The van der Waals surface area contributed by atoms with Crippen LogP contribution >= 0.6 is 0 Å². The number of carbonyl (C=O) groups is 1. The molecule has 0 aliphatic rings. The van der Waals surface area contributed by atoms with Crippen molar-refractivity contribution in [2.45, 2.75) is 12.8 Å². The van der Waals surface area contributed by atoms with Crippen LogP contribution in [0.5, 0.6) is 5.75 Å². The van der Waals surface area contributed by atoms with Crippen molar-refractivity contribution in [3.05, 3.63) is 101 Å². The van der Waals surface area contributed by atoms with E-state index in [1.807, 2.05) is 66.7 Å². The standard InChI is InChI=1S/C22H20O3.Zn/c1-25-21-19(13-17-10-6-3-7-11-17)14-18(15-20(21)22(23)24)12-16-8-4-2-5-9-16;/h2-11,14-15H,12-13H2,1H3,(H,23,24);. The summed E-state index contributed by atoms with van der Waals surface area (Å²) in [6, 6.07) is 23.8. The molecule has 0 atom stereocenters. The number of hydrogen-bond donors (Lipinski definition) is 1. The number of aromatic carboxylic acids is 1. The van der Waals surface area contributed by atoms with E-state index in [0.717, 1.165) is 22.3 Å². The monoisotopic (exact) mass is 396 g/mol. The third kappa shape index (κ3) is 4.80. The average Bonchev–Trinajstić information content (AvgIpc) is 2.63. The molecule has 3 aromatic rings. The van der Waals surface area contributed by atoms with Crippen LogP contribution in [0.25, 0.3) is 0 Å². The Morgan fingerprint density at radius 1 is 0.846 bits per heavy atom. The van der Waals surface area contributed by atoms with Gasteiger partial charge < -0.3 is 9.84 Å². The summed E-state index contributed by atoms with van der Waals surface area (Å²) in [4.78, 5) is 11.7. The summed E-state index contributed by atoms with van der Waals surface area (Å²) in [5, 5.41) is 9.60. The molecule has 3 nitrogen and oxygen atoms in total. The van der Waals surface area contributed by atoms with Crippen molar-refractivity contribution in [1.29, 1.82) is 0 Å². The molecule has 0 spiro atoms. The summed E-state index contributed by atoms with van der Waals surface area (Å²) in [5.41, 5.74) is 4.33. The maximum Gasteiger partial charge on any atom is 0.339 e. The zero-order valence-electron chi connectivity index (χ0n) is 14.8. The fourth-order valence-electron chi connectivity index (χ4n) is 3.04. The maximum atomic E-state index is 11.7. The van der Waals surface area contributed by atoms with Crippen molar-refractivity contribution < 1.29 is 34.1 Å². The van der Waals surface area contributed by atoms with Gasteiger partial charge in [-0.25, -0.2) is 4.79 Å². The van der Waals surface area contributed by atoms with E-state index in [-0.39, 0.29) is 25.0 Å². The molecule has 0 fully saturated rings. The summed E-state index contributed by atoms with van der Waals surface area (Å²) in [6.45, 7) is 0. The molecule has 0 radical (unpaired) electrons. The third-order valence-corrected chi connectivity index (χ3v) is 4.15. The van der Waals surface area contributed by atoms with Crippen molar-refractivity contribution in [1.82, 2.24) is 0 Å². The first kappa shape index (κ1) is 19.9. The third-order valence-electron chi connectivity index (χ3n) is 4.15. The van der Waals surface area contributed by atoms with E-state index in [1.165, 1.54) is 7.11 Å². The molecular formula is C22H20O3Zn. The molecule has 0 unspecified atom stereocenters. The van der Waals surface area contributed by atoms with Gasteiger partial charge in [0.1, 0.15) is 11.3 Å². The summed E-state index contributed by atoms with van der Waals surface area (Å²) in [6.07, 6.45) is 1.32. The largest absolute Gasteiger partial charge is 0.496 e. The van der Waals surface area contributed by atoms with Crippen LogP contribution in [0, 0.1) is 0 Å². The number of ether oxygens (including phenoxy) is 1. The molecule has 0 heterocycles. The van der Waals surface area contributed by atoms with E-state index in [9.17, 15) is 9.90 Å². The Balaban J connectivity index is 0.00000243. The molecule has 0 bridgehead atoms. The van der Waals surface area contributed by atoms with Gasteiger partial charge in [-0.2, -0.15) is 0 Å². The molecule has 3 rings (SSSR count). The minimum atomic E-state index is -0.971. The molecule has 0 aromatic heterocycles. The van der Waals surface area contributed by atoms with E-state index >= 15 is 0 Å². The predicted octanol–water partition coefficient (Wildman–Crippen LogP) is 4.57. The first-order valence-corrected chi connectivity index (χ1v) is 8.18. The molecule has 0 saturated carbocycles. The number of methoxy groups -OCH3 is 1. The molecule has 128 valence electrons. The van der Waals surface area contributed by atoms with Crippen molar-refractivity contribution in [2.24, 2.45) is 0 Å². The van der Waals surface area contributed by atoms with Crippen molar-refractivity contribution in [3.8, 4) is 5.75 Å². The SMILES string of the molecule is COc1c(Cc2ccccc2)cc(Cc2ccccc2)cc1C(=O)O.[Zn]. The van der Waals surface area contributed by atoms with Crippen LogP contribution in [0.2, 0.25) is 0 Å². The Morgan fingerprint density at radius 2 is 1.38 bits per heavy atom. The van der Waals surface area contributed by atoms with Crippen molar-refractivity contribution in [3.63, 3.8) is 0 Å². The van der Waals surface area contributed by atoms with Gasteiger partial charge in [0, 0.05) is 25.9 Å². The van der Waals surface area contributed by atoms with E-state index in [2.05, 4.69) is 0 Å². The number of rotatable bonds is 6. The Kier molecular flexibility index (Phi) is 7.11. The van der Waals surface area contributed by atoms with E-state index in [1.54, 1.807) is 6.07 Å². The minimum absolute atomic E-state index is 0.